The maximum absolute atomic E-state index is 12.5. The van der Waals surface area contributed by atoms with Crippen LogP contribution in [0.5, 0.6) is 0 Å². The SMILES string of the molecule is CC[C@@H](C)[C@@H](NC(=O)OCc1ccccc1)C(=O)OCc1ccc(Cl)cc1Cl. The van der Waals surface area contributed by atoms with E-state index < -0.39 is 18.1 Å². The van der Waals surface area contributed by atoms with Gasteiger partial charge in [-0.25, -0.2) is 9.59 Å². The summed E-state index contributed by atoms with van der Waals surface area (Å²) in [6.45, 7) is 3.90. The normalized spacial score (nSPS) is 12.7. The number of alkyl carbamates (subject to hydrolysis) is 1. The number of carbonyl (C=O) groups is 2. The van der Waals surface area contributed by atoms with E-state index in [4.69, 9.17) is 32.7 Å². The topological polar surface area (TPSA) is 64.6 Å². The molecule has 5 nitrogen and oxygen atoms in total. The number of benzene rings is 2. The fourth-order valence-electron chi connectivity index (χ4n) is 2.44. The minimum atomic E-state index is -0.820. The molecule has 0 aromatic heterocycles. The first-order chi connectivity index (χ1) is 13.4. The van der Waals surface area contributed by atoms with Crippen molar-refractivity contribution in [3.05, 3.63) is 69.7 Å². The molecular weight excluding hydrogens is 401 g/mol. The van der Waals surface area contributed by atoms with Crippen molar-refractivity contribution < 1.29 is 19.1 Å². The zero-order valence-electron chi connectivity index (χ0n) is 15.8. The number of carbonyl (C=O) groups excluding carboxylic acids is 2. The Morgan fingerprint density at radius 1 is 1.04 bits per heavy atom. The standard InChI is InChI=1S/C21H23Cl2NO4/c1-3-14(2)19(24-21(26)28-12-15-7-5-4-6-8-15)20(25)27-13-16-9-10-17(22)11-18(16)23/h4-11,14,19H,3,12-13H2,1-2H3,(H,24,26)/t14-,19-/m1/s1. The van der Waals surface area contributed by atoms with E-state index in [9.17, 15) is 9.59 Å². The largest absolute Gasteiger partial charge is 0.459 e. The fraction of sp³-hybridized carbons (Fsp3) is 0.333. The van der Waals surface area contributed by atoms with Gasteiger partial charge in [-0.2, -0.15) is 0 Å². The highest BCUT2D eigenvalue weighted by Crippen LogP contribution is 2.22. The molecule has 150 valence electrons. The van der Waals surface area contributed by atoms with Crippen molar-refractivity contribution in [2.24, 2.45) is 5.92 Å². The van der Waals surface area contributed by atoms with Gasteiger partial charge in [0.1, 0.15) is 19.3 Å². The minimum absolute atomic E-state index is 0.0114. The fourth-order valence-corrected chi connectivity index (χ4v) is 2.90. The lowest BCUT2D eigenvalue weighted by atomic mass is 9.99. The minimum Gasteiger partial charge on any atom is -0.459 e. The van der Waals surface area contributed by atoms with Crippen LogP contribution in [0.2, 0.25) is 10.0 Å². The first-order valence-electron chi connectivity index (χ1n) is 8.98. The van der Waals surface area contributed by atoms with Gasteiger partial charge in [0.15, 0.2) is 0 Å². The predicted molar refractivity (Wildman–Crippen MR) is 109 cm³/mol. The molecule has 0 saturated heterocycles. The van der Waals surface area contributed by atoms with Crippen LogP contribution in [-0.4, -0.2) is 18.1 Å². The molecule has 0 spiro atoms. The Balaban J connectivity index is 1.93. The Bertz CT molecular complexity index is 798. The molecular formula is C21H23Cl2NO4. The van der Waals surface area contributed by atoms with E-state index in [2.05, 4.69) is 5.32 Å². The van der Waals surface area contributed by atoms with Crippen molar-refractivity contribution in [2.75, 3.05) is 0 Å². The second-order valence-electron chi connectivity index (χ2n) is 6.41. The quantitative estimate of drug-likeness (QED) is 0.578. The van der Waals surface area contributed by atoms with Crippen LogP contribution in [-0.2, 0) is 27.5 Å². The van der Waals surface area contributed by atoms with Crippen LogP contribution in [0.15, 0.2) is 48.5 Å². The molecule has 0 bridgehead atoms. The van der Waals surface area contributed by atoms with Gasteiger partial charge in [0, 0.05) is 15.6 Å². The molecule has 0 aliphatic heterocycles. The van der Waals surface area contributed by atoms with Crippen LogP contribution in [0.25, 0.3) is 0 Å². The van der Waals surface area contributed by atoms with Crippen molar-refractivity contribution in [3.8, 4) is 0 Å². The van der Waals surface area contributed by atoms with Gasteiger partial charge in [0.2, 0.25) is 0 Å². The zero-order valence-corrected chi connectivity index (χ0v) is 17.3. The number of hydrogen-bond acceptors (Lipinski definition) is 4. The van der Waals surface area contributed by atoms with E-state index in [1.165, 1.54) is 0 Å². The molecule has 0 saturated carbocycles. The smallest absolute Gasteiger partial charge is 0.408 e. The number of ether oxygens (including phenoxy) is 2. The number of nitrogens with one attached hydrogen (secondary N) is 1. The summed E-state index contributed by atoms with van der Waals surface area (Å²) in [7, 11) is 0. The highest BCUT2D eigenvalue weighted by Gasteiger charge is 2.28. The highest BCUT2D eigenvalue weighted by atomic mass is 35.5. The highest BCUT2D eigenvalue weighted by molar-refractivity contribution is 6.35. The summed E-state index contributed by atoms with van der Waals surface area (Å²) in [6.07, 6.45) is 0.0103. The third kappa shape index (κ3) is 6.73. The van der Waals surface area contributed by atoms with E-state index in [1.54, 1.807) is 18.2 Å². The number of halogens is 2. The molecule has 2 atom stereocenters. The molecule has 0 heterocycles. The number of amides is 1. The van der Waals surface area contributed by atoms with Gasteiger partial charge >= 0.3 is 12.1 Å². The molecule has 1 amide bonds. The molecule has 2 aromatic rings. The van der Waals surface area contributed by atoms with E-state index in [-0.39, 0.29) is 19.1 Å². The molecule has 7 heteroatoms. The summed E-state index contributed by atoms with van der Waals surface area (Å²) < 4.78 is 10.6. The Hall–Kier alpha value is -2.24. The summed E-state index contributed by atoms with van der Waals surface area (Å²) in [5, 5.41) is 3.52. The Kier molecular flexibility index (Phi) is 8.61. The Morgan fingerprint density at radius 2 is 1.75 bits per heavy atom. The van der Waals surface area contributed by atoms with Crippen LogP contribution < -0.4 is 5.32 Å². The average molecular weight is 424 g/mol. The van der Waals surface area contributed by atoms with Crippen molar-refractivity contribution in [2.45, 2.75) is 39.5 Å². The first kappa shape index (κ1) is 22.1. The van der Waals surface area contributed by atoms with Gasteiger partial charge in [-0.05, 0) is 23.6 Å². The number of hydrogen-bond donors (Lipinski definition) is 1. The molecule has 2 rings (SSSR count). The summed E-state index contributed by atoms with van der Waals surface area (Å²) in [5.74, 6) is -0.672. The van der Waals surface area contributed by atoms with E-state index in [0.717, 1.165) is 5.56 Å². The summed E-state index contributed by atoms with van der Waals surface area (Å²) in [6, 6.07) is 13.4. The zero-order chi connectivity index (χ0) is 20.5. The van der Waals surface area contributed by atoms with E-state index in [0.29, 0.717) is 22.0 Å². The predicted octanol–water partition coefficient (Wildman–Crippen LogP) is 5.38. The number of rotatable bonds is 8. The Labute approximate surface area is 174 Å². The van der Waals surface area contributed by atoms with Gasteiger partial charge < -0.3 is 14.8 Å². The summed E-state index contributed by atoms with van der Waals surface area (Å²) >= 11 is 12.0. The third-order valence-electron chi connectivity index (χ3n) is 4.34. The van der Waals surface area contributed by atoms with Crippen LogP contribution in [0.3, 0.4) is 0 Å². The molecule has 0 aliphatic carbocycles. The summed E-state index contributed by atoms with van der Waals surface area (Å²) in [4.78, 5) is 24.7. The first-order valence-corrected chi connectivity index (χ1v) is 9.74. The molecule has 0 radical (unpaired) electrons. The molecule has 0 unspecified atom stereocenters. The molecule has 28 heavy (non-hydrogen) atoms. The van der Waals surface area contributed by atoms with Gasteiger partial charge in [0.05, 0.1) is 0 Å². The van der Waals surface area contributed by atoms with Crippen molar-refractivity contribution in [1.82, 2.24) is 5.32 Å². The second kappa shape index (κ2) is 10.9. The molecule has 1 N–H and O–H groups in total. The van der Waals surface area contributed by atoms with Gasteiger partial charge in [0.25, 0.3) is 0 Å². The van der Waals surface area contributed by atoms with E-state index >= 15 is 0 Å². The molecule has 2 aromatic carbocycles. The van der Waals surface area contributed by atoms with Crippen LogP contribution in [0.4, 0.5) is 4.79 Å². The maximum Gasteiger partial charge on any atom is 0.408 e. The molecule has 0 fully saturated rings. The average Bonchev–Trinajstić information content (AvgIpc) is 2.69. The lowest BCUT2D eigenvalue weighted by Gasteiger charge is -2.22. The molecule has 0 aliphatic rings. The third-order valence-corrected chi connectivity index (χ3v) is 4.93. The maximum atomic E-state index is 12.5. The van der Waals surface area contributed by atoms with Crippen LogP contribution >= 0.6 is 23.2 Å². The van der Waals surface area contributed by atoms with E-state index in [1.807, 2.05) is 44.2 Å². The number of esters is 1. The Morgan fingerprint density at radius 3 is 2.39 bits per heavy atom. The van der Waals surface area contributed by atoms with Crippen molar-refractivity contribution >= 4 is 35.3 Å². The monoisotopic (exact) mass is 423 g/mol. The lowest BCUT2D eigenvalue weighted by molar-refractivity contribution is -0.148. The van der Waals surface area contributed by atoms with Crippen LogP contribution in [0, 0.1) is 5.92 Å². The van der Waals surface area contributed by atoms with Crippen molar-refractivity contribution in [3.63, 3.8) is 0 Å². The second-order valence-corrected chi connectivity index (χ2v) is 7.26. The van der Waals surface area contributed by atoms with Gasteiger partial charge in [-0.15, -0.1) is 0 Å². The van der Waals surface area contributed by atoms with Crippen molar-refractivity contribution in [1.29, 1.82) is 0 Å². The van der Waals surface area contributed by atoms with Crippen LogP contribution in [0.1, 0.15) is 31.4 Å². The van der Waals surface area contributed by atoms with Gasteiger partial charge in [-0.1, -0.05) is 79.9 Å². The lowest BCUT2D eigenvalue weighted by Crippen LogP contribution is -2.46. The summed E-state index contributed by atoms with van der Waals surface area (Å²) in [5.41, 5.74) is 1.49. The van der Waals surface area contributed by atoms with Gasteiger partial charge in [-0.3, -0.25) is 0 Å².